The molecule has 0 aliphatic heterocycles. The van der Waals surface area contributed by atoms with Crippen LogP contribution in [0.3, 0.4) is 0 Å². The molecular weight excluding hydrogens is 595 g/mol. The molecule has 0 bridgehead atoms. The van der Waals surface area contributed by atoms with Crippen molar-refractivity contribution < 1.29 is 0 Å². The zero-order valence-corrected chi connectivity index (χ0v) is 28.3. The van der Waals surface area contributed by atoms with Crippen LogP contribution in [0.1, 0.15) is 22.3 Å². The van der Waals surface area contributed by atoms with Gasteiger partial charge >= 0.3 is 0 Å². The molecule has 0 unspecified atom stereocenters. The summed E-state index contributed by atoms with van der Waals surface area (Å²) < 4.78 is 2.50. The molecule has 0 amide bonds. The molecule has 0 aliphatic rings. The Kier molecular flexibility index (Phi) is 6.70. The van der Waals surface area contributed by atoms with E-state index < -0.39 is 0 Å². The van der Waals surface area contributed by atoms with E-state index in [1.54, 1.807) is 0 Å². The van der Waals surface area contributed by atoms with Gasteiger partial charge in [-0.2, -0.15) is 0 Å². The lowest BCUT2D eigenvalue weighted by Crippen LogP contribution is -2.11. The Morgan fingerprint density at radius 3 is 1.16 bits per heavy atom. The van der Waals surface area contributed by atoms with Gasteiger partial charge in [0.2, 0.25) is 0 Å². The van der Waals surface area contributed by atoms with Crippen molar-refractivity contribution in [1.82, 2.24) is 4.40 Å². The second-order valence-electron chi connectivity index (χ2n) is 13.4. The van der Waals surface area contributed by atoms with Gasteiger partial charge in [-0.1, -0.05) is 78.9 Å². The molecule has 0 saturated carbocycles. The zero-order chi connectivity index (χ0) is 33.2. The van der Waals surface area contributed by atoms with Gasteiger partial charge in [0.05, 0.1) is 27.9 Å². The Morgan fingerprint density at radius 2 is 0.755 bits per heavy atom. The third kappa shape index (κ3) is 4.65. The Bertz CT molecular complexity index is 2430. The molecule has 2 aromatic heterocycles. The summed E-state index contributed by atoms with van der Waals surface area (Å²) in [6.45, 7) is 8.73. The molecule has 9 aromatic rings. The van der Waals surface area contributed by atoms with Crippen LogP contribution in [0.15, 0.2) is 152 Å². The van der Waals surface area contributed by atoms with Gasteiger partial charge in [-0.05, 0) is 123 Å². The van der Waals surface area contributed by atoms with Crippen molar-refractivity contribution in [2.45, 2.75) is 27.7 Å². The van der Waals surface area contributed by atoms with E-state index in [4.69, 9.17) is 0 Å². The smallest absolute Gasteiger partial charge is 0.0622 e. The lowest BCUT2D eigenvalue weighted by molar-refractivity contribution is 1.26. The summed E-state index contributed by atoms with van der Waals surface area (Å²) in [4.78, 5) is 4.85. The molecule has 7 aromatic carbocycles. The van der Waals surface area contributed by atoms with Crippen LogP contribution < -0.4 is 9.80 Å². The molecule has 0 spiro atoms. The lowest BCUT2D eigenvalue weighted by atomic mass is 10.0. The predicted octanol–water partition coefficient (Wildman–Crippen LogP) is 13.0. The van der Waals surface area contributed by atoms with Crippen LogP contribution in [0.2, 0.25) is 0 Å². The number of anilines is 6. The van der Waals surface area contributed by atoms with Gasteiger partial charge in [-0.25, -0.2) is 0 Å². The molecule has 2 heterocycles. The highest BCUT2D eigenvalue weighted by Crippen LogP contribution is 2.49. The third-order valence-corrected chi connectivity index (χ3v) is 9.76. The van der Waals surface area contributed by atoms with E-state index in [0.717, 1.165) is 11.4 Å². The SMILES string of the molecule is Cc1cc(C)cc(N(c2ccccc2)c2cccc3c2c2cccc4c5c(N(c6ccccc6)c6cc(C)cc(C)c6)cccc5n3c24)c1. The van der Waals surface area contributed by atoms with Crippen molar-refractivity contribution in [2.24, 2.45) is 0 Å². The highest BCUT2D eigenvalue weighted by Gasteiger charge is 2.25. The number of aromatic nitrogens is 1. The summed E-state index contributed by atoms with van der Waals surface area (Å²) in [6.07, 6.45) is 0. The van der Waals surface area contributed by atoms with Gasteiger partial charge in [0, 0.05) is 44.3 Å². The largest absolute Gasteiger partial charge is 0.310 e. The highest BCUT2D eigenvalue weighted by atomic mass is 15.2. The van der Waals surface area contributed by atoms with E-state index in [1.165, 1.54) is 83.1 Å². The molecule has 3 nitrogen and oxygen atoms in total. The maximum Gasteiger partial charge on any atom is 0.0622 e. The minimum Gasteiger partial charge on any atom is -0.310 e. The molecule has 0 aliphatic carbocycles. The fourth-order valence-corrected chi connectivity index (χ4v) is 8.08. The number of fused-ring (bicyclic) bond motifs is 6. The van der Waals surface area contributed by atoms with E-state index in [1.807, 2.05) is 0 Å². The van der Waals surface area contributed by atoms with Gasteiger partial charge in [-0.15, -0.1) is 0 Å². The van der Waals surface area contributed by atoms with Gasteiger partial charge in [0.25, 0.3) is 0 Å². The van der Waals surface area contributed by atoms with E-state index in [9.17, 15) is 0 Å². The van der Waals surface area contributed by atoms with Crippen LogP contribution >= 0.6 is 0 Å². The van der Waals surface area contributed by atoms with Gasteiger partial charge in [0.1, 0.15) is 0 Å². The van der Waals surface area contributed by atoms with Crippen LogP contribution in [0.25, 0.3) is 38.1 Å². The van der Waals surface area contributed by atoms with Crippen molar-refractivity contribution in [1.29, 1.82) is 0 Å². The number of rotatable bonds is 6. The summed E-state index contributed by atoms with van der Waals surface area (Å²) in [7, 11) is 0. The number of hydrogen-bond donors (Lipinski definition) is 0. The number of para-hydroxylation sites is 3. The molecule has 0 fully saturated rings. The number of benzene rings is 7. The molecule has 0 saturated heterocycles. The predicted molar refractivity (Wildman–Crippen MR) is 209 cm³/mol. The van der Waals surface area contributed by atoms with Crippen LogP contribution in [0, 0.1) is 27.7 Å². The third-order valence-electron chi connectivity index (χ3n) is 9.76. The maximum atomic E-state index is 2.50. The Hall–Kier alpha value is -6.06. The van der Waals surface area contributed by atoms with E-state index in [-0.39, 0.29) is 0 Å². The first kappa shape index (κ1) is 29.1. The normalized spacial score (nSPS) is 11.7. The minimum atomic E-state index is 1.14. The van der Waals surface area contributed by atoms with Crippen molar-refractivity contribution in [3.63, 3.8) is 0 Å². The molecule has 236 valence electrons. The second-order valence-corrected chi connectivity index (χ2v) is 13.4. The monoisotopic (exact) mass is 631 g/mol. The molecule has 0 radical (unpaired) electrons. The van der Waals surface area contributed by atoms with Gasteiger partial charge in [0.15, 0.2) is 0 Å². The lowest BCUT2D eigenvalue weighted by Gasteiger charge is -2.27. The topological polar surface area (TPSA) is 10.9 Å². The van der Waals surface area contributed by atoms with E-state index in [2.05, 4.69) is 194 Å². The fourth-order valence-electron chi connectivity index (χ4n) is 8.08. The minimum absolute atomic E-state index is 1.14. The summed E-state index contributed by atoms with van der Waals surface area (Å²) in [6, 6.07) is 55.6. The fraction of sp³-hybridized carbons (Fsp3) is 0.0870. The highest BCUT2D eigenvalue weighted by molar-refractivity contribution is 6.28. The Labute approximate surface area is 287 Å². The number of nitrogens with zero attached hydrogens (tertiary/aromatic N) is 3. The van der Waals surface area contributed by atoms with Crippen LogP contribution in [0.5, 0.6) is 0 Å². The number of aryl methyl sites for hydroxylation is 4. The molecule has 0 atom stereocenters. The second kappa shape index (κ2) is 11.3. The van der Waals surface area contributed by atoms with E-state index >= 15 is 0 Å². The summed E-state index contributed by atoms with van der Waals surface area (Å²) >= 11 is 0. The first-order chi connectivity index (χ1) is 24.0. The maximum absolute atomic E-state index is 2.50. The van der Waals surface area contributed by atoms with Crippen molar-refractivity contribution in [3.05, 3.63) is 174 Å². The number of hydrogen-bond acceptors (Lipinski definition) is 2. The average molecular weight is 632 g/mol. The van der Waals surface area contributed by atoms with Crippen LogP contribution in [0.4, 0.5) is 34.1 Å². The summed E-state index contributed by atoms with van der Waals surface area (Å²) in [5, 5.41) is 5.03. The van der Waals surface area contributed by atoms with Gasteiger partial charge in [-0.3, -0.25) is 0 Å². The first-order valence-electron chi connectivity index (χ1n) is 17.0. The van der Waals surface area contributed by atoms with Gasteiger partial charge < -0.3 is 14.2 Å². The molecule has 9 rings (SSSR count). The Balaban J connectivity index is 1.36. The Morgan fingerprint density at radius 1 is 0.367 bits per heavy atom. The molecule has 49 heavy (non-hydrogen) atoms. The van der Waals surface area contributed by atoms with Crippen molar-refractivity contribution >= 4 is 72.2 Å². The zero-order valence-electron chi connectivity index (χ0n) is 28.3. The van der Waals surface area contributed by atoms with E-state index in [0.29, 0.717) is 0 Å². The molecule has 0 N–H and O–H groups in total. The summed E-state index contributed by atoms with van der Waals surface area (Å²) in [5.41, 5.74) is 15.7. The molecule has 3 heteroatoms. The first-order valence-corrected chi connectivity index (χ1v) is 17.0. The summed E-state index contributed by atoms with van der Waals surface area (Å²) in [5.74, 6) is 0. The van der Waals surface area contributed by atoms with Crippen LogP contribution in [-0.2, 0) is 0 Å². The molecular formula is C46H37N3. The van der Waals surface area contributed by atoms with Crippen LogP contribution in [-0.4, -0.2) is 4.40 Å². The average Bonchev–Trinajstić information content (AvgIpc) is 3.62. The quantitative estimate of drug-likeness (QED) is 0.181. The van der Waals surface area contributed by atoms with Crippen molar-refractivity contribution in [2.75, 3.05) is 9.80 Å². The van der Waals surface area contributed by atoms with Crippen molar-refractivity contribution in [3.8, 4) is 0 Å². The standard InChI is InChI=1S/C46H37N3/c1-30-24-31(2)27-36(26-30)47(34-14-7-5-8-15-34)40-20-12-22-42-44(40)38-18-11-19-39-45-41(21-13-23-43(45)49(42)46(38)39)48(35-16-9-6-10-17-35)37-28-32(3)25-33(4)29-37/h5-29H,1-4H3.